The van der Waals surface area contributed by atoms with Crippen LogP contribution in [0, 0.1) is 0 Å². The van der Waals surface area contributed by atoms with Crippen LogP contribution in [0.15, 0.2) is 170 Å². The number of hydrogen-bond donors (Lipinski definition) is 2. The van der Waals surface area contributed by atoms with Crippen LogP contribution in [-0.2, 0) is 5.41 Å². The smallest absolute Gasteiger partial charge is 0.115 e. The third-order valence-electron chi connectivity index (χ3n) is 9.90. The van der Waals surface area contributed by atoms with Crippen molar-refractivity contribution in [1.82, 2.24) is 0 Å². The molecule has 0 aromatic heterocycles. The SMILES string of the molecule is Oc1ccc(C2(c3ccc(O)cc3)c3ccc(-c4ccc5ccccc5c4)cc3-c3cc(-c4ccc5ccccc5c4)ccc32)cc1. The van der Waals surface area contributed by atoms with Crippen molar-refractivity contribution in [2.45, 2.75) is 5.41 Å². The number of hydrogen-bond acceptors (Lipinski definition) is 2. The fourth-order valence-electron chi connectivity index (χ4n) is 7.64. The van der Waals surface area contributed by atoms with E-state index in [1.54, 1.807) is 24.3 Å². The van der Waals surface area contributed by atoms with Gasteiger partial charge in [-0.3, -0.25) is 0 Å². The summed E-state index contributed by atoms with van der Waals surface area (Å²) in [6.07, 6.45) is 0. The van der Waals surface area contributed by atoms with Crippen molar-refractivity contribution in [2.75, 3.05) is 0 Å². The Kier molecular flexibility index (Phi) is 6.06. The summed E-state index contributed by atoms with van der Waals surface area (Å²) in [5.74, 6) is 0.456. The van der Waals surface area contributed by atoms with Gasteiger partial charge in [-0.25, -0.2) is 0 Å². The molecule has 8 aromatic rings. The van der Waals surface area contributed by atoms with Crippen LogP contribution in [0.2, 0.25) is 0 Å². The minimum atomic E-state index is -0.657. The van der Waals surface area contributed by atoms with Gasteiger partial charge in [0.05, 0.1) is 5.41 Å². The molecule has 0 unspecified atom stereocenters. The minimum Gasteiger partial charge on any atom is -0.508 e. The topological polar surface area (TPSA) is 40.5 Å². The summed E-state index contributed by atoms with van der Waals surface area (Å²) in [6, 6.07) is 59.1. The summed E-state index contributed by atoms with van der Waals surface area (Å²) in [4.78, 5) is 0. The van der Waals surface area contributed by atoms with Gasteiger partial charge in [0, 0.05) is 0 Å². The molecule has 1 aliphatic rings. The van der Waals surface area contributed by atoms with Crippen LogP contribution in [-0.4, -0.2) is 10.2 Å². The number of phenolic OH excluding ortho intramolecular Hbond substituents is 2. The molecular weight excluding hydrogens is 572 g/mol. The predicted octanol–water partition coefficient (Wildman–Crippen LogP) is 11.1. The number of rotatable bonds is 4. The van der Waals surface area contributed by atoms with Gasteiger partial charge in [-0.1, -0.05) is 121 Å². The molecule has 47 heavy (non-hydrogen) atoms. The Bertz CT molecular complexity index is 2300. The molecular formula is C45H30O2. The molecule has 222 valence electrons. The third kappa shape index (κ3) is 4.26. The highest BCUT2D eigenvalue weighted by Gasteiger charge is 2.46. The summed E-state index contributed by atoms with van der Waals surface area (Å²) in [5.41, 5.74) is 10.8. The normalized spacial score (nSPS) is 13.0. The Labute approximate surface area is 273 Å². The summed E-state index contributed by atoms with van der Waals surface area (Å²) in [6.45, 7) is 0. The Morgan fingerprint density at radius 2 is 0.681 bits per heavy atom. The van der Waals surface area contributed by atoms with Gasteiger partial charge in [0.2, 0.25) is 0 Å². The maximum Gasteiger partial charge on any atom is 0.115 e. The first kappa shape index (κ1) is 27.2. The van der Waals surface area contributed by atoms with Crippen LogP contribution in [0.5, 0.6) is 11.5 Å². The molecule has 2 heteroatoms. The zero-order valence-corrected chi connectivity index (χ0v) is 25.6. The van der Waals surface area contributed by atoms with Gasteiger partial charge in [0.15, 0.2) is 0 Å². The van der Waals surface area contributed by atoms with Gasteiger partial charge in [0.1, 0.15) is 11.5 Å². The lowest BCUT2D eigenvalue weighted by atomic mass is 9.67. The van der Waals surface area contributed by atoms with Gasteiger partial charge < -0.3 is 10.2 Å². The molecule has 8 aromatic carbocycles. The lowest BCUT2D eigenvalue weighted by molar-refractivity contribution is 0.475. The first-order chi connectivity index (χ1) is 23.1. The molecule has 0 amide bonds. The maximum atomic E-state index is 10.3. The zero-order valence-electron chi connectivity index (χ0n) is 25.6. The van der Waals surface area contributed by atoms with E-state index in [0.717, 1.165) is 22.3 Å². The molecule has 0 fully saturated rings. The molecule has 0 spiro atoms. The van der Waals surface area contributed by atoms with E-state index in [9.17, 15) is 10.2 Å². The maximum absolute atomic E-state index is 10.3. The molecule has 2 nitrogen and oxygen atoms in total. The highest BCUT2D eigenvalue weighted by atomic mass is 16.3. The fraction of sp³-hybridized carbons (Fsp3) is 0.0222. The van der Waals surface area contributed by atoms with Gasteiger partial charge in [-0.2, -0.15) is 0 Å². The van der Waals surface area contributed by atoms with Crippen LogP contribution in [0.4, 0.5) is 0 Å². The van der Waals surface area contributed by atoms with Crippen molar-refractivity contribution < 1.29 is 10.2 Å². The van der Waals surface area contributed by atoms with Crippen molar-refractivity contribution in [3.63, 3.8) is 0 Å². The van der Waals surface area contributed by atoms with E-state index in [1.165, 1.54) is 54.9 Å². The summed E-state index contributed by atoms with van der Waals surface area (Å²) < 4.78 is 0. The Morgan fingerprint density at radius 3 is 1.11 bits per heavy atom. The standard InChI is InChI=1S/C45H30O2/c46-39-19-15-37(16-20-39)45(38-17-21-40(47)22-18-38)43-23-13-35(33-11-9-29-5-1-3-7-31(29)25-33)27-41(43)42-28-36(14-24-44(42)45)34-12-10-30-6-2-4-8-32(30)26-34/h1-28,46-47H. The Hall–Kier alpha value is -6.12. The molecule has 0 atom stereocenters. The Morgan fingerprint density at radius 1 is 0.319 bits per heavy atom. The highest BCUT2D eigenvalue weighted by molar-refractivity contribution is 5.94. The highest BCUT2D eigenvalue weighted by Crippen LogP contribution is 2.57. The molecule has 0 aliphatic heterocycles. The number of fused-ring (bicyclic) bond motifs is 5. The van der Waals surface area contributed by atoms with E-state index in [-0.39, 0.29) is 11.5 Å². The average molecular weight is 603 g/mol. The number of benzene rings is 8. The van der Waals surface area contributed by atoms with E-state index >= 15 is 0 Å². The van der Waals surface area contributed by atoms with Crippen LogP contribution < -0.4 is 0 Å². The average Bonchev–Trinajstić information content (AvgIpc) is 3.41. The summed E-state index contributed by atoms with van der Waals surface area (Å²) in [5, 5.41) is 25.5. The minimum absolute atomic E-state index is 0.228. The van der Waals surface area contributed by atoms with Crippen molar-refractivity contribution in [3.05, 3.63) is 192 Å². The predicted molar refractivity (Wildman–Crippen MR) is 193 cm³/mol. The first-order valence-electron chi connectivity index (χ1n) is 15.9. The second-order valence-corrected chi connectivity index (χ2v) is 12.5. The van der Waals surface area contributed by atoms with Crippen molar-refractivity contribution in [1.29, 1.82) is 0 Å². The monoisotopic (exact) mass is 602 g/mol. The van der Waals surface area contributed by atoms with Crippen LogP contribution in [0.1, 0.15) is 22.3 Å². The molecule has 2 N–H and O–H groups in total. The van der Waals surface area contributed by atoms with Gasteiger partial charge in [0.25, 0.3) is 0 Å². The van der Waals surface area contributed by atoms with Crippen LogP contribution in [0.25, 0.3) is 54.9 Å². The number of phenols is 2. The van der Waals surface area contributed by atoms with Crippen molar-refractivity contribution in [3.8, 4) is 44.9 Å². The Balaban J connectivity index is 1.33. The van der Waals surface area contributed by atoms with Gasteiger partial charge in [-0.05, 0) is 126 Å². The molecule has 9 rings (SSSR count). The summed E-state index contributed by atoms with van der Waals surface area (Å²) in [7, 11) is 0. The summed E-state index contributed by atoms with van der Waals surface area (Å²) >= 11 is 0. The van der Waals surface area contributed by atoms with Gasteiger partial charge >= 0.3 is 0 Å². The second kappa shape index (κ2) is 10.5. The molecule has 1 aliphatic carbocycles. The lowest BCUT2D eigenvalue weighted by Gasteiger charge is -2.34. The zero-order chi connectivity index (χ0) is 31.5. The first-order valence-corrected chi connectivity index (χ1v) is 15.9. The fourth-order valence-corrected chi connectivity index (χ4v) is 7.64. The second-order valence-electron chi connectivity index (χ2n) is 12.5. The third-order valence-corrected chi connectivity index (χ3v) is 9.90. The van der Waals surface area contributed by atoms with E-state index in [1.807, 2.05) is 24.3 Å². The molecule has 0 heterocycles. The quantitative estimate of drug-likeness (QED) is 0.210. The van der Waals surface area contributed by atoms with Crippen molar-refractivity contribution >= 4 is 21.5 Å². The van der Waals surface area contributed by atoms with Crippen molar-refractivity contribution in [2.24, 2.45) is 0 Å². The van der Waals surface area contributed by atoms with E-state index in [0.29, 0.717) is 0 Å². The van der Waals surface area contributed by atoms with E-state index in [2.05, 4.69) is 121 Å². The van der Waals surface area contributed by atoms with Crippen LogP contribution >= 0.6 is 0 Å². The van der Waals surface area contributed by atoms with E-state index < -0.39 is 5.41 Å². The molecule has 0 saturated carbocycles. The largest absolute Gasteiger partial charge is 0.508 e. The lowest BCUT2D eigenvalue weighted by Crippen LogP contribution is -2.28. The molecule has 0 radical (unpaired) electrons. The molecule has 0 bridgehead atoms. The van der Waals surface area contributed by atoms with Crippen LogP contribution in [0.3, 0.4) is 0 Å². The van der Waals surface area contributed by atoms with E-state index in [4.69, 9.17) is 0 Å². The molecule has 0 saturated heterocycles. The number of aromatic hydroxyl groups is 2. The van der Waals surface area contributed by atoms with Gasteiger partial charge in [-0.15, -0.1) is 0 Å².